The molecule has 0 atom stereocenters. The van der Waals surface area contributed by atoms with Crippen LogP contribution < -0.4 is 28.4 Å². The summed E-state index contributed by atoms with van der Waals surface area (Å²) in [4.78, 5) is 0. The quantitative estimate of drug-likeness (QED) is 0.120. The number of hydrogen-bond donors (Lipinski definition) is 0. The maximum atomic E-state index is 6.10. The van der Waals surface area contributed by atoms with Crippen LogP contribution in [0.3, 0.4) is 0 Å². The molecule has 0 aliphatic carbocycles. The molecule has 14 nitrogen and oxygen atoms in total. The van der Waals surface area contributed by atoms with E-state index in [9.17, 15) is 0 Å². The molecule has 0 saturated heterocycles. The Morgan fingerprint density at radius 3 is 1.05 bits per heavy atom. The summed E-state index contributed by atoms with van der Waals surface area (Å²) in [7, 11) is 0. The number of rotatable bonds is 13. The first kappa shape index (κ1) is 44.3. The fraction of sp³-hybridized carbons (Fsp3) is 0.478. The van der Waals surface area contributed by atoms with Gasteiger partial charge in [0.1, 0.15) is 72.2 Å². The van der Waals surface area contributed by atoms with Gasteiger partial charge in [0.25, 0.3) is 0 Å². The predicted molar refractivity (Wildman–Crippen MR) is 227 cm³/mol. The highest BCUT2D eigenvalue weighted by molar-refractivity contribution is 5.58. The molecule has 4 aromatic rings. The molecule has 0 saturated carbocycles. The van der Waals surface area contributed by atoms with Gasteiger partial charge in [0, 0.05) is 12.1 Å². The van der Waals surface area contributed by atoms with E-state index in [1.165, 1.54) is 25.7 Å². The van der Waals surface area contributed by atoms with Crippen LogP contribution in [0.1, 0.15) is 51.4 Å². The van der Waals surface area contributed by atoms with Gasteiger partial charge in [-0.3, -0.25) is 0 Å². The van der Waals surface area contributed by atoms with Crippen molar-refractivity contribution in [2.24, 2.45) is 20.5 Å². The summed E-state index contributed by atoms with van der Waals surface area (Å²) in [6, 6.07) is 26.4. The lowest BCUT2D eigenvalue weighted by atomic mass is 10.1. The third-order valence-electron chi connectivity index (χ3n) is 9.39. The van der Waals surface area contributed by atoms with Gasteiger partial charge in [-0.2, -0.15) is 0 Å². The van der Waals surface area contributed by atoms with Gasteiger partial charge in [-0.1, -0.05) is 62.8 Å². The average molecular weight is 827 g/mol. The fourth-order valence-electron chi connectivity index (χ4n) is 6.24. The highest BCUT2D eigenvalue weighted by atomic mass is 16.6. The zero-order valence-corrected chi connectivity index (χ0v) is 34.5. The third kappa shape index (κ3) is 16.1. The molecule has 0 fully saturated rings. The number of unbranched alkanes of at least 4 members (excludes halogenated alkanes) is 7. The van der Waals surface area contributed by atoms with Crippen molar-refractivity contribution in [2.75, 3.05) is 92.5 Å². The number of benzene rings is 4. The van der Waals surface area contributed by atoms with Gasteiger partial charge in [0.15, 0.2) is 11.5 Å². The van der Waals surface area contributed by atoms with E-state index in [4.69, 9.17) is 47.4 Å². The lowest BCUT2D eigenvalue weighted by Crippen LogP contribution is -2.13. The molecule has 0 unspecified atom stereocenters. The van der Waals surface area contributed by atoms with Gasteiger partial charge < -0.3 is 47.4 Å². The maximum Gasteiger partial charge on any atom is 0.150 e. The topological polar surface area (TPSA) is 142 Å². The Morgan fingerprint density at radius 1 is 0.333 bits per heavy atom. The van der Waals surface area contributed by atoms with Gasteiger partial charge >= 0.3 is 0 Å². The SMILES string of the molecule is c1ccc2c(c1)N=Nc1ccc(OCCCCCCCCCCOc3ccc4c(c3)OCCOCCOCCOc3ccccc3N=N4)cc1OCCOCCOCCO2. The smallest absolute Gasteiger partial charge is 0.150 e. The summed E-state index contributed by atoms with van der Waals surface area (Å²) in [6.45, 7) is 6.56. The summed E-state index contributed by atoms with van der Waals surface area (Å²) >= 11 is 0. The van der Waals surface area contributed by atoms with E-state index in [2.05, 4.69) is 20.5 Å². The molecule has 0 amide bonds. The normalized spacial score (nSPS) is 15.7. The molecule has 0 spiro atoms. The van der Waals surface area contributed by atoms with E-state index in [1.807, 2.05) is 84.9 Å². The summed E-state index contributed by atoms with van der Waals surface area (Å²) in [5, 5.41) is 17.9. The Labute approximate surface area is 353 Å². The second-order valence-electron chi connectivity index (χ2n) is 14.0. The van der Waals surface area contributed by atoms with Crippen molar-refractivity contribution in [2.45, 2.75) is 51.4 Å². The molecule has 6 rings (SSSR count). The number of azo groups is 2. The van der Waals surface area contributed by atoms with Gasteiger partial charge in [0.2, 0.25) is 0 Å². The van der Waals surface area contributed by atoms with Crippen molar-refractivity contribution in [3.8, 4) is 34.5 Å². The summed E-state index contributed by atoms with van der Waals surface area (Å²) in [5.41, 5.74) is 2.48. The van der Waals surface area contributed by atoms with Crippen molar-refractivity contribution in [1.29, 1.82) is 0 Å². The second-order valence-corrected chi connectivity index (χ2v) is 14.0. The predicted octanol–water partition coefficient (Wildman–Crippen LogP) is 10.7. The molecule has 0 N–H and O–H groups in total. The van der Waals surface area contributed by atoms with Crippen molar-refractivity contribution in [3.05, 3.63) is 84.9 Å². The van der Waals surface area contributed by atoms with E-state index in [0.29, 0.717) is 138 Å². The number of ether oxygens (including phenoxy) is 10. The van der Waals surface area contributed by atoms with Crippen LogP contribution in [0.5, 0.6) is 34.5 Å². The molecule has 2 heterocycles. The number of nitrogens with zero attached hydrogens (tertiary/aromatic N) is 4. The van der Waals surface area contributed by atoms with E-state index in [1.54, 1.807) is 0 Å². The molecule has 60 heavy (non-hydrogen) atoms. The molecule has 322 valence electrons. The molecule has 4 aromatic carbocycles. The Hall–Kier alpha value is -5.28. The van der Waals surface area contributed by atoms with Gasteiger partial charge in [-0.05, 0) is 61.4 Å². The average Bonchev–Trinajstić information content (AvgIpc) is 3.27. The first-order valence-corrected chi connectivity index (χ1v) is 21.2. The Kier molecular flexibility index (Phi) is 19.7. The van der Waals surface area contributed by atoms with Gasteiger partial charge in [-0.25, -0.2) is 0 Å². The molecule has 2 aliphatic heterocycles. The van der Waals surface area contributed by atoms with Crippen LogP contribution in [0.2, 0.25) is 0 Å². The molecule has 2 aliphatic rings. The van der Waals surface area contributed by atoms with Crippen LogP contribution >= 0.6 is 0 Å². The summed E-state index contributed by atoms with van der Waals surface area (Å²) in [5.74, 6) is 3.93. The van der Waals surface area contributed by atoms with Crippen molar-refractivity contribution in [1.82, 2.24) is 0 Å². The first-order valence-electron chi connectivity index (χ1n) is 21.2. The first-order chi connectivity index (χ1) is 29.8. The fourth-order valence-corrected chi connectivity index (χ4v) is 6.24. The number of para-hydroxylation sites is 2. The number of hydrogen-bond acceptors (Lipinski definition) is 14. The molecular weight excluding hydrogens is 769 g/mol. The molecular formula is C46H58N4O10. The van der Waals surface area contributed by atoms with Gasteiger partial charge in [-0.15, -0.1) is 20.5 Å². The highest BCUT2D eigenvalue weighted by Gasteiger charge is 2.11. The number of fused-ring (bicyclic) bond motifs is 4. The summed E-state index contributed by atoms with van der Waals surface area (Å²) in [6.07, 6.45) is 8.93. The van der Waals surface area contributed by atoms with Crippen LogP contribution in [0.15, 0.2) is 105 Å². The standard InChI is InChI=1S/C46H58N4O10/c1(3-5-11-21-55-37-17-19-41-45(35-37)59-33-29-53-25-23-51-27-31-57-43-15-9-7-13-39(43)47-49-41)2-4-6-12-22-56-38-18-20-42-46(36-38)60-34-30-54-26-24-52-28-32-58-44-16-10-8-14-40(44)48-50-42/h7-10,13-20,35-36H,1-6,11-12,21-34H2. The third-order valence-corrected chi connectivity index (χ3v) is 9.39. The van der Waals surface area contributed by atoms with E-state index >= 15 is 0 Å². The molecule has 0 aromatic heterocycles. The van der Waals surface area contributed by atoms with Crippen molar-refractivity contribution in [3.63, 3.8) is 0 Å². The lowest BCUT2D eigenvalue weighted by molar-refractivity contribution is 0.0274. The zero-order chi connectivity index (χ0) is 41.1. The van der Waals surface area contributed by atoms with E-state index in [0.717, 1.165) is 37.2 Å². The minimum atomic E-state index is 0.373. The van der Waals surface area contributed by atoms with Crippen LogP contribution in [-0.4, -0.2) is 92.5 Å². The molecule has 14 heteroatoms. The Morgan fingerprint density at radius 2 is 0.650 bits per heavy atom. The second kappa shape index (κ2) is 26.7. The van der Waals surface area contributed by atoms with E-state index in [-0.39, 0.29) is 0 Å². The Balaban J connectivity index is 0.873. The van der Waals surface area contributed by atoms with Crippen molar-refractivity contribution >= 4 is 22.7 Å². The largest absolute Gasteiger partial charge is 0.493 e. The molecule has 0 radical (unpaired) electrons. The van der Waals surface area contributed by atoms with Gasteiger partial charge in [0.05, 0.1) is 66.1 Å². The minimum absolute atomic E-state index is 0.373. The Bertz CT molecular complexity index is 1760. The van der Waals surface area contributed by atoms with E-state index < -0.39 is 0 Å². The monoisotopic (exact) mass is 826 g/mol. The maximum absolute atomic E-state index is 6.10. The highest BCUT2D eigenvalue weighted by Crippen LogP contribution is 2.37. The minimum Gasteiger partial charge on any atom is -0.493 e. The van der Waals surface area contributed by atoms with Crippen LogP contribution in [0, 0.1) is 0 Å². The van der Waals surface area contributed by atoms with Crippen LogP contribution in [0.4, 0.5) is 22.7 Å². The molecule has 0 bridgehead atoms. The zero-order valence-electron chi connectivity index (χ0n) is 34.5. The van der Waals surface area contributed by atoms with Crippen molar-refractivity contribution < 1.29 is 47.4 Å². The van der Waals surface area contributed by atoms with Crippen LogP contribution in [0.25, 0.3) is 0 Å². The summed E-state index contributed by atoms with van der Waals surface area (Å²) < 4.78 is 58.5. The van der Waals surface area contributed by atoms with Crippen LogP contribution in [-0.2, 0) is 18.9 Å². The lowest BCUT2D eigenvalue weighted by Gasteiger charge is -2.13.